The summed E-state index contributed by atoms with van der Waals surface area (Å²) < 4.78 is 36.2. The first-order valence-electron chi connectivity index (χ1n) is 10.6. The van der Waals surface area contributed by atoms with Crippen molar-refractivity contribution >= 4 is 17.9 Å². The van der Waals surface area contributed by atoms with Crippen molar-refractivity contribution in [3.63, 3.8) is 0 Å². The summed E-state index contributed by atoms with van der Waals surface area (Å²) >= 11 is 0. The molecular weight excluding hydrogens is 443 g/mol. The van der Waals surface area contributed by atoms with Gasteiger partial charge < -0.3 is 18.9 Å². The normalized spacial score (nSPS) is 21.4. The van der Waals surface area contributed by atoms with Crippen molar-refractivity contribution in [3.8, 4) is 0 Å². The third-order valence-corrected chi connectivity index (χ3v) is 5.15. The number of hydrogen-bond acceptors (Lipinski definition) is 7. The topological polar surface area (TPSA) is 88.1 Å². The highest BCUT2D eigenvalue weighted by atomic mass is 19.1. The number of carbonyl (C=O) groups is 3. The first-order chi connectivity index (χ1) is 16.5. The van der Waals surface area contributed by atoms with Gasteiger partial charge in [0.2, 0.25) is 6.36 Å². The number of alkyl halides is 1. The standard InChI is InChI=1S/C26H21FO7/c27-23-22(34-26(30)19-14-8-3-9-15-19)21(33-25(29)18-12-6-2-7-13-18)20(32-23)16-31-24(28)17-10-4-1-5-11-17/h1-15,20-23H,16H2/t20-,21+,22-,23+/m0/s1. The molecule has 0 saturated carbocycles. The number of benzene rings is 3. The van der Waals surface area contributed by atoms with Gasteiger partial charge in [-0.3, -0.25) is 0 Å². The van der Waals surface area contributed by atoms with Gasteiger partial charge in [0, 0.05) is 0 Å². The van der Waals surface area contributed by atoms with Crippen LogP contribution in [0.15, 0.2) is 91.0 Å². The molecular formula is C26H21FO7. The SMILES string of the molecule is O=C(OC[C@@H]1O[C@@H](F)[C@@H](OC(=O)c2ccccc2)[C@@H]1OC(=O)c1ccccc1)c1ccccc1. The van der Waals surface area contributed by atoms with E-state index in [2.05, 4.69) is 0 Å². The molecule has 4 rings (SSSR count). The lowest BCUT2D eigenvalue weighted by atomic mass is 10.1. The van der Waals surface area contributed by atoms with Gasteiger partial charge in [-0.1, -0.05) is 54.6 Å². The molecule has 0 N–H and O–H groups in total. The van der Waals surface area contributed by atoms with Crippen molar-refractivity contribution in [1.82, 2.24) is 0 Å². The average molecular weight is 464 g/mol. The van der Waals surface area contributed by atoms with E-state index >= 15 is 0 Å². The number of carbonyl (C=O) groups excluding carboxylic acids is 3. The highest BCUT2D eigenvalue weighted by Gasteiger charge is 2.51. The van der Waals surface area contributed by atoms with E-state index < -0.39 is 49.2 Å². The third kappa shape index (κ3) is 5.47. The van der Waals surface area contributed by atoms with Crippen LogP contribution in [-0.2, 0) is 18.9 Å². The Hall–Kier alpha value is -4.04. The Morgan fingerprint density at radius 2 is 1.06 bits per heavy atom. The summed E-state index contributed by atoms with van der Waals surface area (Å²) in [5.74, 6) is -2.22. The van der Waals surface area contributed by atoms with Crippen molar-refractivity contribution in [2.75, 3.05) is 6.61 Å². The molecule has 1 aliphatic rings. The van der Waals surface area contributed by atoms with Gasteiger partial charge in [0.25, 0.3) is 0 Å². The van der Waals surface area contributed by atoms with Crippen molar-refractivity contribution in [3.05, 3.63) is 108 Å². The van der Waals surface area contributed by atoms with Crippen molar-refractivity contribution in [2.45, 2.75) is 24.7 Å². The van der Waals surface area contributed by atoms with Crippen LogP contribution in [0.25, 0.3) is 0 Å². The minimum absolute atomic E-state index is 0.196. The van der Waals surface area contributed by atoms with E-state index in [9.17, 15) is 18.8 Å². The highest BCUT2D eigenvalue weighted by Crippen LogP contribution is 2.30. The van der Waals surface area contributed by atoms with Gasteiger partial charge >= 0.3 is 17.9 Å². The Kier molecular flexibility index (Phi) is 7.29. The van der Waals surface area contributed by atoms with Gasteiger partial charge in [-0.05, 0) is 36.4 Å². The molecule has 0 bridgehead atoms. The van der Waals surface area contributed by atoms with Gasteiger partial charge in [0.05, 0.1) is 16.7 Å². The van der Waals surface area contributed by atoms with Crippen LogP contribution in [0.1, 0.15) is 31.1 Å². The number of halogens is 1. The van der Waals surface area contributed by atoms with E-state index in [0.29, 0.717) is 5.56 Å². The first kappa shape index (κ1) is 23.1. The number of rotatable bonds is 7. The molecule has 0 aliphatic carbocycles. The lowest BCUT2D eigenvalue weighted by molar-refractivity contribution is -0.0884. The van der Waals surface area contributed by atoms with Gasteiger partial charge in [-0.25, -0.2) is 18.8 Å². The summed E-state index contributed by atoms with van der Waals surface area (Å²) in [6, 6.07) is 24.3. The summed E-state index contributed by atoms with van der Waals surface area (Å²) in [6.07, 6.45) is -6.19. The Labute approximate surface area is 195 Å². The Morgan fingerprint density at radius 1 is 0.647 bits per heavy atom. The molecule has 0 aromatic heterocycles. The van der Waals surface area contributed by atoms with E-state index in [1.54, 1.807) is 66.7 Å². The molecule has 0 unspecified atom stereocenters. The lowest BCUT2D eigenvalue weighted by Crippen LogP contribution is -2.41. The molecule has 0 radical (unpaired) electrons. The van der Waals surface area contributed by atoms with Crippen molar-refractivity contribution in [1.29, 1.82) is 0 Å². The second kappa shape index (κ2) is 10.7. The fraction of sp³-hybridized carbons (Fsp3) is 0.192. The smallest absolute Gasteiger partial charge is 0.338 e. The van der Waals surface area contributed by atoms with Gasteiger partial charge in [-0.2, -0.15) is 0 Å². The molecule has 1 aliphatic heterocycles. The van der Waals surface area contributed by atoms with E-state index in [1.165, 1.54) is 24.3 Å². The lowest BCUT2D eigenvalue weighted by Gasteiger charge is -2.23. The molecule has 4 atom stereocenters. The van der Waals surface area contributed by atoms with Crippen LogP contribution in [0.4, 0.5) is 4.39 Å². The quantitative estimate of drug-likeness (QED) is 0.386. The van der Waals surface area contributed by atoms with Crippen LogP contribution in [0.3, 0.4) is 0 Å². The minimum Gasteiger partial charge on any atom is -0.459 e. The van der Waals surface area contributed by atoms with Crippen LogP contribution in [0.2, 0.25) is 0 Å². The zero-order valence-electron chi connectivity index (χ0n) is 17.9. The predicted molar refractivity (Wildman–Crippen MR) is 118 cm³/mol. The molecule has 1 heterocycles. The molecule has 7 nitrogen and oxygen atoms in total. The average Bonchev–Trinajstić information content (AvgIpc) is 3.17. The summed E-state index contributed by atoms with van der Waals surface area (Å²) in [7, 11) is 0. The van der Waals surface area contributed by atoms with Crippen LogP contribution in [-0.4, -0.2) is 49.2 Å². The molecule has 1 saturated heterocycles. The van der Waals surface area contributed by atoms with Gasteiger partial charge in [0.1, 0.15) is 12.7 Å². The van der Waals surface area contributed by atoms with Crippen LogP contribution in [0, 0.1) is 0 Å². The molecule has 0 amide bonds. The Balaban J connectivity index is 1.51. The summed E-state index contributed by atoms with van der Waals surface area (Å²) in [4.78, 5) is 37.5. The molecule has 1 fully saturated rings. The molecule has 0 spiro atoms. The van der Waals surface area contributed by atoms with E-state index in [1.807, 2.05) is 0 Å². The predicted octanol–water partition coefficient (Wildman–Crippen LogP) is 3.99. The molecule has 3 aromatic carbocycles. The summed E-state index contributed by atoms with van der Waals surface area (Å²) in [6.45, 7) is -0.416. The minimum atomic E-state index is -2.10. The molecule has 34 heavy (non-hydrogen) atoms. The molecule has 8 heteroatoms. The second-order valence-electron chi connectivity index (χ2n) is 7.46. The zero-order valence-corrected chi connectivity index (χ0v) is 17.9. The molecule has 174 valence electrons. The van der Waals surface area contributed by atoms with E-state index in [0.717, 1.165) is 0 Å². The number of esters is 3. The van der Waals surface area contributed by atoms with Crippen molar-refractivity contribution in [2.24, 2.45) is 0 Å². The van der Waals surface area contributed by atoms with Gasteiger partial charge in [0.15, 0.2) is 12.2 Å². The van der Waals surface area contributed by atoms with Crippen LogP contribution in [0.5, 0.6) is 0 Å². The van der Waals surface area contributed by atoms with E-state index in [-0.39, 0.29) is 11.1 Å². The summed E-state index contributed by atoms with van der Waals surface area (Å²) in [5, 5.41) is 0. The zero-order chi connectivity index (χ0) is 23.9. The Bertz CT molecular complexity index is 1120. The maximum Gasteiger partial charge on any atom is 0.338 e. The second-order valence-corrected chi connectivity index (χ2v) is 7.46. The largest absolute Gasteiger partial charge is 0.459 e. The first-order valence-corrected chi connectivity index (χ1v) is 10.6. The Morgan fingerprint density at radius 3 is 1.53 bits per heavy atom. The third-order valence-electron chi connectivity index (χ3n) is 5.15. The maximum absolute atomic E-state index is 14.8. The molecule has 3 aromatic rings. The maximum atomic E-state index is 14.8. The monoisotopic (exact) mass is 464 g/mol. The highest BCUT2D eigenvalue weighted by molar-refractivity contribution is 5.90. The number of hydrogen-bond donors (Lipinski definition) is 0. The number of ether oxygens (including phenoxy) is 4. The van der Waals surface area contributed by atoms with E-state index in [4.69, 9.17) is 18.9 Å². The van der Waals surface area contributed by atoms with Gasteiger partial charge in [-0.15, -0.1) is 0 Å². The fourth-order valence-electron chi connectivity index (χ4n) is 3.43. The van der Waals surface area contributed by atoms with Crippen LogP contribution >= 0.6 is 0 Å². The van der Waals surface area contributed by atoms with Crippen molar-refractivity contribution < 1.29 is 37.7 Å². The van der Waals surface area contributed by atoms with Crippen LogP contribution < -0.4 is 0 Å². The summed E-state index contributed by atoms with van der Waals surface area (Å²) in [5.41, 5.74) is 0.710. The fourth-order valence-corrected chi connectivity index (χ4v) is 3.43.